The summed E-state index contributed by atoms with van der Waals surface area (Å²) in [6, 6.07) is 0. The van der Waals surface area contributed by atoms with E-state index in [1.54, 1.807) is 0 Å². The molecule has 0 fully saturated rings. The quantitative estimate of drug-likeness (QED) is 0.338. The van der Waals surface area contributed by atoms with Crippen LogP contribution in [-0.4, -0.2) is 43.9 Å². The fraction of sp³-hybridized carbons (Fsp3) is 0.889. The summed E-state index contributed by atoms with van der Waals surface area (Å²) in [5.74, 6) is -0.303. The molecule has 78 valence electrons. The highest BCUT2D eigenvalue weighted by atomic mass is 16.7. The SMILES string of the molecule is CCN(CC)CCOCOC(C)=O. The van der Waals surface area contributed by atoms with Crippen LogP contribution in [0.15, 0.2) is 0 Å². The lowest BCUT2D eigenvalue weighted by atomic mass is 10.5. The van der Waals surface area contributed by atoms with Crippen molar-refractivity contribution in [1.29, 1.82) is 0 Å². The van der Waals surface area contributed by atoms with Crippen molar-refractivity contribution < 1.29 is 14.3 Å². The zero-order valence-electron chi connectivity index (χ0n) is 8.71. The Labute approximate surface area is 79.8 Å². The van der Waals surface area contributed by atoms with Gasteiger partial charge in [-0.15, -0.1) is 0 Å². The first-order valence-electron chi connectivity index (χ1n) is 4.64. The fourth-order valence-corrected chi connectivity index (χ4v) is 0.917. The summed E-state index contributed by atoms with van der Waals surface area (Å²) in [4.78, 5) is 12.6. The first-order valence-corrected chi connectivity index (χ1v) is 4.64. The second-order valence-corrected chi connectivity index (χ2v) is 2.69. The second kappa shape index (κ2) is 8.01. The van der Waals surface area contributed by atoms with Gasteiger partial charge in [0.1, 0.15) is 0 Å². The van der Waals surface area contributed by atoms with Gasteiger partial charge in [0, 0.05) is 13.5 Å². The van der Waals surface area contributed by atoms with E-state index in [1.165, 1.54) is 6.92 Å². The Balaban J connectivity index is 3.19. The first kappa shape index (κ1) is 12.4. The van der Waals surface area contributed by atoms with E-state index in [1.807, 2.05) is 0 Å². The van der Waals surface area contributed by atoms with Gasteiger partial charge in [-0.05, 0) is 13.1 Å². The Kier molecular flexibility index (Phi) is 7.63. The molecule has 0 radical (unpaired) electrons. The molecule has 0 saturated heterocycles. The predicted molar refractivity (Wildman–Crippen MR) is 50.4 cm³/mol. The lowest BCUT2D eigenvalue weighted by Crippen LogP contribution is -2.27. The van der Waals surface area contributed by atoms with Crippen LogP contribution in [0.3, 0.4) is 0 Å². The van der Waals surface area contributed by atoms with E-state index in [0.29, 0.717) is 6.61 Å². The van der Waals surface area contributed by atoms with Crippen molar-refractivity contribution in [1.82, 2.24) is 4.90 Å². The van der Waals surface area contributed by atoms with E-state index in [0.717, 1.165) is 19.6 Å². The molecule has 0 aliphatic heterocycles. The largest absolute Gasteiger partial charge is 0.439 e. The van der Waals surface area contributed by atoms with E-state index in [4.69, 9.17) is 4.74 Å². The monoisotopic (exact) mass is 189 g/mol. The Hall–Kier alpha value is -0.610. The molecule has 13 heavy (non-hydrogen) atoms. The number of rotatable bonds is 7. The van der Waals surface area contributed by atoms with Gasteiger partial charge in [0.15, 0.2) is 6.79 Å². The minimum absolute atomic E-state index is 0.0661. The minimum atomic E-state index is -0.303. The van der Waals surface area contributed by atoms with Crippen LogP contribution < -0.4 is 0 Å². The van der Waals surface area contributed by atoms with E-state index in [2.05, 4.69) is 23.5 Å². The lowest BCUT2D eigenvalue weighted by molar-refractivity contribution is -0.153. The molecule has 4 nitrogen and oxygen atoms in total. The number of esters is 1. The molecule has 0 heterocycles. The summed E-state index contributed by atoms with van der Waals surface area (Å²) in [6.07, 6.45) is 0. The highest BCUT2D eigenvalue weighted by molar-refractivity contribution is 5.65. The van der Waals surface area contributed by atoms with Crippen molar-refractivity contribution >= 4 is 5.97 Å². The third-order valence-electron chi connectivity index (χ3n) is 1.79. The zero-order valence-corrected chi connectivity index (χ0v) is 8.71. The van der Waals surface area contributed by atoms with Crippen LogP contribution in [0.4, 0.5) is 0 Å². The summed E-state index contributed by atoms with van der Waals surface area (Å²) in [5, 5.41) is 0. The topological polar surface area (TPSA) is 38.8 Å². The van der Waals surface area contributed by atoms with Gasteiger partial charge < -0.3 is 14.4 Å². The molecule has 0 amide bonds. The molecule has 0 atom stereocenters. The van der Waals surface area contributed by atoms with Gasteiger partial charge in [-0.25, -0.2) is 0 Å². The number of likely N-dealkylation sites (N-methyl/N-ethyl adjacent to an activating group) is 1. The third-order valence-corrected chi connectivity index (χ3v) is 1.79. The molecule has 0 bridgehead atoms. The molecule has 0 spiro atoms. The molecule has 0 rings (SSSR count). The van der Waals surface area contributed by atoms with Crippen LogP contribution in [-0.2, 0) is 14.3 Å². The Morgan fingerprint density at radius 1 is 1.31 bits per heavy atom. The second-order valence-electron chi connectivity index (χ2n) is 2.69. The van der Waals surface area contributed by atoms with Crippen LogP contribution in [0.2, 0.25) is 0 Å². The van der Waals surface area contributed by atoms with Crippen molar-refractivity contribution in [3.8, 4) is 0 Å². The number of carbonyl (C=O) groups is 1. The summed E-state index contributed by atoms with van der Waals surface area (Å²) in [5.41, 5.74) is 0. The lowest BCUT2D eigenvalue weighted by Gasteiger charge is -2.17. The smallest absolute Gasteiger partial charge is 0.304 e. The van der Waals surface area contributed by atoms with Crippen molar-refractivity contribution in [2.75, 3.05) is 33.0 Å². The van der Waals surface area contributed by atoms with Crippen molar-refractivity contribution in [3.63, 3.8) is 0 Å². The van der Waals surface area contributed by atoms with Gasteiger partial charge in [0.05, 0.1) is 6.61 Å². The van der Waals surface area contributed by atoms with Gasteiger partial charge in [-0.2, -0.15) is 0 Å². The molecule has 0 N–H and O–H groups in total. The van der Waals surface area contributed by atoms with Gasteiger partial charge in [-0.3, -0.25) is 4.79 Å². The molecule has 0 aromatic carbocycles. The van der Waals surface area contributed by atoms with Crippen molar-refractivity contribution in [2.24, 2.45) is 0 Å². The van der Waals surface area contributed by atoms with Crippen LogP contribution in [0.1, 0.15) is 20.8 Å². The van der Waals surface area contributed by atoms with Crippen molar-refractivity contribution in [2.45, 2.75) is 20.8 Å². The van der Waals surface area contributed by atoms with E-state index in [-0.39, 0.29) is 12.8 Å². The van der Waals surface area contributed by atoms with E-state index >= 15 is 0 Å². The summed E-state index contributed by atoms with van der Waals surface area (Å²) in [7, 11) is 0. The van der Waals surface area contributed by atoms with E-state index in [9.17, 15) is 4.79 Å². The summed E-state index contributed by atoms with van der Waals surface area (Å²) < 4.78 is 9.71. The Morgan fingerprint density at radius 2 is 1.92 bits per heavy atom. The Bertz CT molecular complexity index is 135. The molecular formula is C9H19NO3. The fourth-order valence-electron chi connectivity index (χ4n) is 0.917. The average Bonchev–Trinajstić information content (AvgIpc) is 2.11. The summed E-state index contributed by atoms with van der Waals surface area (Å²) >= 11 is 0. The highest BCUT2D eigenvalue weighted by Gasteiger charge is 1.98. The van der Waals surface area contributed by atoms with Gasteiger partial charge in [0.25, 0.3) is 0 Å². The molecular weight excluding hydrogens is 170 g/mol. The van der Waals surface area contributed by atoms with Gasteiger partial charge >= 0.3 is 5.97 Å². The maximum atomic E-state index is 10.3. The molecule has 0 unspecified atom stereocenters. The van der Waals surface area contributed by atoms with Crippen LogP contribution in [0.5, 0.6) is 0 Å². The minimum Gasteiger partial charge on any atom is -0.439 e. The Morgan fingerprint density at radius 3 is 2.38 bits per heavy atom. The number of hydrogen-bond acceptors (Lipinski definition) is 4. The van der Waals surface area contributed by atoms with Crippen LogP contribution in [0, 0.1) is 0 Å². The summed E-state index contributed by atoms with van der Waals surface area (Å²) in [6.45, 7) is 9.18. The van der Waals surface area contributed by atoms with Gasteiger partial charge in [0.2, 0.25) is 0 Å². The highest BCUT2D eigenvalue weighted by Crippen LogP contribution is 1.87. The average molecular weight is 189 g/mol. The van der Waals surface area contributed by atoms with Crippen LogP contribution >= 0.6 is 0 Å². The number of carbonyl (C=O) groups excluding carboxylic acids is 1. The standard InChI is InChI=1S/C9H19NO3/c1-4-10(5-2)6-7-12-8-13-9(3)11/h4-8H2,1-3H3. The number of hydrogen-bond donors (Lipinski definition) is 0. The predicted octanol–water partition coefficient (Wildman–Crippen LogP) is 0.865. The molecule has 0 aliphatic rings. The third kappa shape index (κ3) is 7.74. The molecule has 4 heteroatoms. The number of nitrogens with zero attached hydrogens (tertiary/aromatic N) is 1. The molecule has 0 aromatic rings. The normalized spacial score (nSPS) is 10.5. The maximum absolute atomic E-state index is 10.3. The van der Waals surface area contributed by atoms with Crippen molar-refractivity contribution in [3.05, 3.63) is 0 Å². The van der Waals surface area contributed by atoms with Crippen LogP contribution in [0.25, 0.3) is 0 Å². The van der Waals surface area contributed by atoms with Gasteiger partial charge in [-0.1, -0.05) is 13.8 Å². The number of ether oxygens (including phenoxy) is 2. The zero-order chi connectivity index (χ0) is 10.1. The maximum Gasteiger partial charge on any atom is 0.304 e. The van der Waals surface area contributed by atoms with E-state index < -0.39 is 0 Å². The molecule has 0 aliphatic carbocycles. The molecule has 0 saturated carbocycles. The first-order chi connectivity index (χ1) is 6.20. The molecule has 0 aromatic heterocycles.